The van der Waals surface area contributed by atoms with Crippen molar-refractivity contribution >= 4 is 23.4 Å². The highest BCUT2D eigenvalue weighted by atomic mass is 35.5. The second-order valence-electron chi connectivity index (χ2n) is 2.11. The van der Waals surface area contributed by atoms with Crippen LogP contribution in [-0.4, -0.2) is 4.92 Å². The number of nitrogens with zero attached hydrogens (tertiary/aromatic N) is 1. The molecule has 0 amide bonds. The molecule has 0 aliphatic carbocycles. The van der Waals surface area contributed by atoms with Crippen LogP contribution in [0.4, 0.5) is 5.69 Å². The van der Waals surface area contributed by atoms with Gasteiger partial charge in [0.2, 0.25) is 0 Å². The Morgan fingerprint density at radius 3 is 2.67 bits per heavy atom. The van der Waals surface area contributed by atoms with Gasteiger partial charge in [-0.3, -0.25) is 10.1 Å². The highest BCUT2D eigenvalue weighted by Crippen LogP contribution is 2.18. The van der Waals surface area contributed by atoms with Crippen LogP contribution in [0.15, 0.2) is 29.8 Å². The van der Waals surface area contributed by atoms with Gasteiger partial charge >= 0.3 is 0 Å². The molecule has 0 N–H and O–H groups in total. The van der Waals surface area contributed by atoms with Gasteiger partial charge in [0.1, 0.15) is 0 Å². The van der Waals surface area contributed by atoms with Gasteiger partial charge in [0.15, 0.2) is 0 Å². The first-order valence-corrected chi connectivity index (χ1v) is 3.69. The molecule has 0 atom stereocenters. The molecule has 0 spiro atoms. The van der Waals surface area contributed by atoms with Crippen LogP contribution in [0.5, 0.6) is 0 Å². The van der Waals surface area contributed by atoms with E-state index in [1.165, 1.54) is 17.7 Å². The molecule has 0 fully saturated rings. The van der Waals surface area contributed by atoms with Gasteiger partial charge in [-0.1, -0.05) is 23.7 Å². The molecule has 1 aromatic rings. The van der Waals surface area contributed by atoms with E-state index in [1.54, 1.807) is 18.2 Å². The number of halogens is 1. The molecule has 1 aromatic carbocycles. The third-order valence-electron chi connectivity index (χ3n) is 1.38. The highest BCUT2D eigenvalue weighted by molar-refractivity contribution is 6.27. The van der Waals surface area contributed by atoms with Crippen molar-refractivity contribution in [2.75, 3.05) is 0 Å². The van der Waals surface area contributed by atoms with Gasteiger partial charge in [-0.05, 0) is 12.1 Å². The van der Waals surface area contributed by atoms with Crippen LogP contribution >= 0.6 is 11.6 Å². The summed E-state index contributed by atoms with van der Waals surface area (Å²) in [6, 6.07) is 6.41. The van der Waals surface area contributed by atoms with Crippen LogP contribution in [0.3, 0.4) is 0 Å². The first-order valence-electron chi connectivity index (χ1n) is 3.26. The molecule has 62 valence electrons. The smallest absolute Gasteiger partial charge is 0.258 e. The van der Waals surface area contributed by atoms with Crippen molar-refractivity contribution in [2.24, 2.45) is 0 Å². The number of hydrogen-bond acceptors (Lipinski definition) is 2. The van der Waals surface area contributed by atoms with Gasteiger partial charge in [0, 0.05) is 11.6 Å². The summed E-state index contributed by atoms with van der Waals surface area (Å²) in [5.41, 5.74) is 1.83. The fourth-order valence-corrected chi connectivity index (χ4v) is 0.998. The van der Waals surface area contributed by atoms with Crippen molar-refractivity contribution in [3.63, 3.8) is 0 Å². The molecular formula is C8H6ClNO2. The number of benzene rings is 1. The van der Waals surface area contributed by atoms with E-state index < -0.39 is 4.92 Å². The highest BCUT2D eigenvalue weighted by Gasteiger charge is 2.08. The first kappa shape index (κ1) is 8.74. The fraction of sp³-hybridized carbons (Fsp3) is 0. The van der Waals surface area contributed by atoms with E-state index in [4.69, 9.17) is 11.6 Å². The summed E-state index contributed by atoms with van der Waals surface area (Å²) in [7, 11) is 0. The molecule has 0 saturated heterocycles. The maximum absolute atomic E-state index is 10.4. The Labute approximate surface area is 74.4 Å². The zero-order valence-electron chi connectivity index (χ0n) is 6.11. The van der Waals surface area contributed by atoms with E-state index in [0.717, 1.165) is 0 Å². The maximum atomic E-state index is 10.4. The van der Waals surface area contributed by atoms with Gasteiger partial charge in [0.25, 0.3) is 5.69 Å². The standard InChI is InChI=1S/C8H6ClNO2/c9-6-5-7-3-1-2-4-8(7)10(11)12/h1-6H/b6-5+. The van der Waals surface area contributed by atoms with Gasteiger partial charge in [0.05, 0.1) is 10.5 Å². The molecule has 0 aromatic heterocycles. The predicted molar refractivity (Wildman–Crippen MR) is 48.0 cm³/mol. The molecule has 0 saturated carbocycles. The SMILES string of the molecule is O=[N+]([O-])c1ccccc1/C=C/Cl. The average Bonchev–Trinajstić information content (AvgIpc) is 2.05. The van der Waals surface area contributed by atoms with Crippen LogP contribution < -0.4 is 0 Å². The second-order valence-corrected chi connectivity index (χ2v) is 2.36. The predicted octanol–water partition coefficient (Wildman–Crippen LogP) is 2.80. The maximum Gasteiger partial charge on any atom is 0.276 e. The monoisotopic (exact) mass is 183 g/mol. The molecule has 4 heteroatoms. The van der Waals surface area contributed by atoms with Gasteiger partial charge < -0.3 is 0 Å². The molecular weight excluding hydrogens is 178 g/mol. The van der Waals surface area contributed by atoms with E-state index in [0.29, 0.717) is 5.56 Å². The van der Waals surface area contributed by atoms with Crippen LogP contribution in [0.25, 0.3) is 6.08 Å². The summed E-state index contributed by atoms with van der Waals surface area (Å²) in [6.45, 7) is 0. The lowest BCUT2D eigenvalue weighted by Crippen LogP contribution is -1.89. The first-order chi connectivity index (χ1) is 5.75. The van der Waals surface area contributed by atoms with Crippen LogP contribution in [0.2, 0.25) is 0 Å². The zero-order chi connectivity index (χ0) is 8.97. The number of rotatable bonds is 2. The molecule has 0 bridgehead atoms. The molecule has 0 heterocycles. The minimum atomic E-state index is -0.438. The van der Waals surface area contributed by atoms with Crippen molar-refractivity contribution in [1.82, 2.24) is 0 Å². The average molecular weight is 184 g/mol. The largest absolute Gasteiger partial charge is 0.276 e. The Kier molecular flexibility index (Phi) is 2.82. The van der Waals surface area contributed by atoms with Gasteiger partial charge in [-0.25, -0.2) is 0 Å². The molecule has 0 aliphatic heterocycles. The lowest BCUT2D eigenvalue weighted by molar-refractivity contribution is -0.385. The summed E-state index contributed by atoms with van der Waals surface area (Å²) in [5.74, 6) is 0. The zero-order valence-corrected chi connectivity index (χ0v) is 6.86. The third-order valence-corrected chi connectivity index (χ3v) is 1.50. The van der Waals surface area contributed by atoms with Crippen LogP contribution in [-0.2, 0) is 0 Å². The van der Waals surface area contributed by atoms with E-state index in [2.05, 4.69) is 0 Å². The second kappa shape index (κ2) is 3.88. The Bertz CT molecular complexity index is 323. The van der Waals surface area contributed by atoms with Crippen molar-refractivity contribution < 1.29 is 4.92 Å². The van der Waals surface area contributed by atoms with Crippen molar-refractivity contribution in [2.45, 2.75) is 0 Å². The van der Waals surface area contributed by atoms with E-state index in [1.807, 2.05) is 0 Å². The lowest BCUT2D eigenvalue weighted by Gasteiger charge is -1.94. The summed E-state index contributed by atoms with van der Waals surface area (Å²) in [4.78, 5) is 9.99. The Morgan fingerprint density at radius 2 is 2.08 bits per heavy atom. The van der Waals surface area contributed by atoms with Crippen molar-refractivity contribution in [3.05, 3.63) is 45.5 Å². The van der Waals surface area contributed by atoms with Crippen LogP contribution in [0.1, 0.15) is 5.56 Å². The van der Waals surface area contributed by atoms with E-state index in [-0.39, 0.29) is 5.69 Å². The van der Waals surface area contributed by atoms with E-state index in [9.17, 15) is 10.1 Å². The Morgan fingerprint density at radius 1 is 1.42 bits per heavy atom. The molecule has 3 nitrogen and oxygen atoms in total. The fourth-order valence-electron chi connectivity index (χ4n) is 0.863. The number of nitro benzene ring substituents is 1. The number of para-hydroxylation sites is 1. The lowest BCUT2D eigenvalue weighted by atomic mass is 10.2. The van der Waals surface area contributed by atoms with E-state index >= 15 is 0 Å². The number of nitro groups is 1. The van der Waals surface area contributed by atoms with Gasteiger partial charge in [-0.15, -0.1) is 0 Å². The molecule has 0 radical (unpaired) electrons. The summed E-state index contributed by atoms with van der Waals surface area (Å²) in [5, 5.41) is 10.4. The normalized spacial score (nSPS) is 10.4. The summed E-state index contributed by atoms with van der Waals surface area (Å²) < 4.78 is 0. The number of hydrogen-bond donors (Lipinski definition) is 0. The third kappa shape index (κ3) is 1.83. The summed E-state index contributed by atoms with van der Waals surface area (Å²) in [6.07, 6.45) is 1.49. The topological polar surface area (TPSA) is 43.1 Å². The molecule has 0 aliphatic rings. The Balaban J connectivity index is 3.17. The van der Waals surface area contributed by atoms with Crippen LogP contribution in [0, 0.1) is 10.1 Å². The molecule has 0 unspecified atom stereocenters. The van der Waals surface area contributed by atoms with Crippen molar-refractivity contribution in [3.8, 4) is 0 Å². The Hall–Kier alpha value is -1.35. The summed E-state index contributed by atoms with van der Waals surface area (Å²) >= 11 is 5.31. The quantitative estimate of drug-likeness (QED) is 0.523. The van der Waals surface area contributed by atoms with Crippen molar-refractivity contribution in [1.29, 1.82) is 0 Å². The minimum absolute atomic E-state index is 0.0643. The van der Waals surface area contributed by atoms with Gasteiger partial charge in [-0.2, -0.15) is 0 Å². The minimum Gasteiger partial charge on any atom is -0.258 e. The molecule has 1 rings (SSSR count). The molecule has 12 heavy (non-hydrogen) atoms.